The van der Waals surface area contributed by atoms with Gasteiger partial charge in [-0.3, -0.25) is 4.79 Å². The van der Waals surface area contributed by atoms with E-state index in [9.17, 15) is 9.59 Å². The van der Waals surface area contributed by atoms with Crippen molar-refractivity contribution in [1.82, 2.24) is 4.90 Å². The molecule has 0 radical (unpaired) electrons. The predicted octanol–water partition coefficient (Wildman–Crippen LogP) is 2.86. The molecule has 0 aliphatic carbocycles. The van der Waals surface area contributed by atoms with Crippen molar-refractivity contribution >= 4 is 11.9 Å². The maximum Gasteiger partial charge on any atom is 0.410 e. The lowest BCUT2D eigenvalue weighted by atomic mass is 9.70. The van der Waals surface area contributed by atoms with Gasteiger partial charge in [0.15, 0.2) is 0 Å². The Bertz CT molecular complexity index is 344. The molecule has 0 saturated carbocycles. The van der Waals surface area contributed by atoms with E-state index in [1.165, 1.54) is 0 Å². The fourth-order valence-corrected chi connectivity index (χ4v) is 2.53. The second-order valence-corrected chi connectivity index (χ2v) is 7.43. The summed E-state index contributed by atoms with van der Waals surface area (Å²) in [6.07, 6.45) is -0.337. The largest absolute Gasteiger partial charge is 0.444 e. The summed E-state index contributed by atoms with van der Waals surface area (Å²) in [4.78, 5) is 26.0. The molecular weight excluding hydrogens is 230 g/mol. The van der Waals surface area contributed by atoms with Gasteiger partial charge >= 0.3 is 6.09 Å². The molecule has 1 amide bonds. The minimum atomic E-state index is -0.515. The van der Waals surface area contributed by atoms with Crippen molar-refractivity contribution in [1.29, 1.82) is 0 Å². The van der Waals surface area contributed by atoms with Crippen LogP contribution in [0.3, 0.4) is 0 Å². The fourth-order valence-electron chi connectivity index (χ4n) is 2.53. The number of Topliss-reactive ketones (excluding diaryl/α,β-unsaturated/α-hetero) is 1. The molecule has 1 saturated heterocycles. The van der Waals surface area contributed by atoms with Crippen LogP contribution in [0.25, 0.3) is 0 Å². The van der Waals surface area contributed by atoms with E-state index in [0.29, 0.717) is 13.1 Å². The van der Waals surface area contributed by atoms with E-state index >= 15 is 0 Å². The van der Waals surface area contributed by atoms with Crippen LogP contribution < -0.4 is 0 Å². The fraction of sp³-hybridized carbons (Fsp3) is 0.857. The van der Waals surface area contributed by atoms with Gasteiger partial charge in [-0.15, -0.1) is 0 Å². The van der Waals surface area contributed by atoms with Crippen LogP contribution in [0.5, 0.6) is 0 Å². The highest BCUT2D eigenvalue weighted by molar-refractivity contribution is 5.91. The van der Waals surface area contributed by atoms with Gasteiger partial charge in [-0.05, 0) is 20.8 Å². The number of piperidine rings is 1. The number of hydrogen-bond donors (Lipinski definition) is 0. The van der Waals surface area contributed by atoms with E-state index in [1.54, 1.807) is 4.90 Å². The van der Waals surface area contributed by atoms with Crippen molar-refractivity contribution in [3.8, 4) is 0 Å². The Morgan fingerprint density at radius 1 is 1.11 bits per heavy atom. The number of carbonyl (C=O) groups is 2. The third-order valence-corrected chi connectivity index (χ3v) is 3.05. The standard InChI is InChI=1S/C14H25NO3/c1-12(2,3)18-11(17)15-8-13(4,5)10(16)14(6,7)9-15/h8-9H2,1-7H3. The lowest BCUT2D eigenvalue weighted by Gasteiger charge is -2.45. The van der Waals surface area contributed by atoms with Gasteiger partial charge < -0.3 is 9.64 Å². The molecule has 0 spiro atoms. The van der Waals surface area contributed by atoms with Crippen LogP contribution >= 0.6 is 0 Å². The summed E-state index contributed by atoms with van der Waals surface area (Å²) in [5.41, 5.74) is -1.54. The highest BCUT2D eigenvalue weighted by atomic mass is 16.6. The summed E-state index contributed by atoms with van der Waals surface area (Å²) < 4.78 is 5.37. The third kappa shape index (κ3) is 3.24. The number of ketones is 1. The number of rotatable bonds is 0. The summed E-state index contributed by atoms with van der Waals surface area (Å²) in [6.45, 7) is 13.9. The molecule has 0 aromatic rings. The molecule has 1 aliphatic rings. The zero-order chi connectivity index (χ0) is 14.4. The topological polar surface area (TPSA) is 46.6 Å². The van der Waals surface area contributed by atoms with Gasteiger partial charge in [-0.2, -0.15) is 0 Å². The van der Waals surface area contributed by atoms with Gasteiger partial charge in [-0.1, -0.05) is 27.7 Å². The second kappa shape index (κ2) is 4.25. The molecule has 1 heterocycles. The first-order valence-corrected chi connectivity index (χ1v) is 6.38. The quantitative estimate of drug-likeness (QED) is 0.668. The first kappa shape index (κ1) is 15.0. The Morgan fingerprint density at radius 2 is 1.50 bits per heavy atom. The minimum absolute atomic E-state index is 0.204. The first-order chi connectivity index (χ1) is 7.85. The first-order valence-electron chi connectivity index (χ1n) is 6.38. The molecule has 4 heteroatoms. The zero-order valence-corrected chi connectivity index (χ0v) is 12.6. The molecule has 1 aliphatic heterocycles. The summed E-state index contributed by atoms with van der Waals surface area (Å²) in [5.74, 6) is 0.204. The molecule has 104 valence electrons. The van der Waals surface area contributed by atoms with Crippen LogP contribution in [0.1, 0.15) is 48.5 Å². The molecule has 0 atom stereocenters. The summed E-state index contributed by atoms with van der Waals surface area (Å²) in [5, 5.41) is 0. The van der Waals surface area contributed by atoms with Crippen LogP contribution in [0.15, 0.2) is 0 Å². The summed E-state index contributed by atoms with van der Waals surface area (Å²) >= 11 is 0. The van der Waals surface area contributed by atoms with Crippen LogP contribution in [-0.4, -0.2) is 35.5 Å². The van der Waals surface area contributed by atoms with Gasteiger partial charge in [0.05, 0.1) is 0 Å². The second-order valence-electron chi connectivity index (χ2n) is 7.43. The Balaban J connectivity index is 2.87. The number of carbonyl (C=O) groups excluding carboxylic acids is 2. The van der Waals surface area contributed by atoms with E-state index in [0.717, 1.165) is 0 Å². The molecule has 4 nitrogen and oxygen atoms in total. The molecular formula is C14H25NO3. The lowest BCUT2D eigenvalue weighted by Crippen LogP contribution is -2.57. The van der Waals surface area contributed by atoms with Gasteiger partial charge in [0.25, 0.3) is 0 Å². The number of amides is 1. The van der Waals surface area contributed by atoms with Crippen molar-refractivity contribution < 1.29 is 14.3 Å². The molecule has 18 heavy (non-hydrogen) atoms. The highest BCUT2D eigenvalue weighted by Crippen LogP contribution is 2.36. The Hall–Kier alpha value is -1.06. The molecule has 0 aromatic heterocycles. The van der Waals surface area contributed by atoms with Crippen LogP contribution in [0.4, 0.5) is 4.79 Å². The molecule has 1 rings (SSSR count). The van der Waals surface area contributed by atoms with Crippen molar-refractivity contribution in [3.05, 3.63) is 0 Å². The normalized spacial score (nSPS) is 22.8. The maximum atomic E-state index is 12.2. The summed E-state index contributed by atoms with van der Waals surface area (Å²) in [7, 11) is 0. The number of nitrogens with zero attached hydrogens (tertiary/aromatic N) is 1. The maximum absolute atomic E-state index is 12.2. The smallest absolute Gasteiger partial charge is 0.410 e. The third-order valence-electron chi connectivity index (χ3n) is 3.05. The average molecular weight is 255 g/mol. The van der Waals surface area contributed by atoms with E-state index in [2.05, 4.69) is 0 Å². The van der Waals surface area contributed by atoms with E-state index in [1.807, 2.05) is 48.5 Å². The van der Waals surface area contributed by atoms with Gasteiger partial charge in [0, 0.05) is 23.9 Å². The van der Waals surface area contributed by atoms with Crippen molar-refractivity contribution in [2.45, 2.75) is 54.1 Å². The number of hydrogen-bond acceptors (Lipinski definition) is 3. The van der Waals surface area contributed by atoms with Crippen LogP contribution in [0.2, 0.25) is 0 Å². The molecule has 0 aromatic carbocycles. The van der Waals surface area contributed by atoms with Gasteiger partial charge in [-0.25, -0.2) is 4.79 Å². The summed E-state index contributed by atoms with van der Waals surface area (Å²) in [6, 6.07) is 0. The average Bonchev–Trinajstić information content (AvgIpc) is 2.10. The van der Waals surface area contributed by atoms with E-state index < -0.39 is 16.4 Å². The molecule has 1 fully saturated rings. The van der Waals surface area contributed by atoms with E-state index in [-0.39, 0.29) is 11.9 Å². The van der Waals surface area contributed by atoms with Crippen molar-refractivity contribution in [2.24, 2.45) is 10.8 Å². The molecule has 0 N–H and O–H groups in total. The molecule has 0 unspecified atom stereocenters. The highest BCUT2D eigenvalue weighted by Gasteiger charge is 2.47. The SMILES string of the molecule is CC(C)(C)OC(=O)N1CC(C)(C)C(=O)C(C)(C)C1. The predicted molar refractivity (Wildman–Crippen MR) is 70.4 cm³/mol. The number of likely N-dealkylation sites (tertiary alicyclic amines) is 1. The zero-order valence-electron chi connectivity index (χ0n) is 12.6. The van der Waals surface area contributed by atoms with Crippen LogP contribution in [0, 0.1) is 10.8 Å². The molecule has 0 bridgehead atoms. The van der Waals surface area contributed by atoms with Crippen LogP contribution in [-0.2, 0) is 9.53 Å². The van der Waals surface area contributed by atoms with Gasteiger partial charge in [0.1, 0.15) is 11.4 Å². The Kier molecular flexibility index (Phi) is 3.54. The van der Waals surface area contributed by atoms with E-state index in [4.69, 9.17) is 4.74 Å². The number of ether oxygens (including phenoxy) is 1. The van der Waals surface area contributed by atoms with Gasteiger partial charge in [0.2, 0.25) is 0 Å². The monoisotopic (exact) mass is 255 g/mol. The Morgan fingerprint density at radius 3 is 1.83 bits per heavy atom. The van der Waals surface area contributed by atoms with Crippen molar-refractivity contribution in [3.63, 3.8) is 0 Å². The van der Waals surface area contributed by atoms with Crippen molar-refractivity contribution in [2.75, 3.05) is 13.1 Å². The Labute approximate surface area is 110 Å². The lowest BCUT2D eigenvalue weighted by molar-refractivity contribution is -0.142. The minimum Gasteiger partial charge on any atom is -0.444 e.